The van der Waals surface area contributed by atoms with E-state index in [0.717, 1.165) is 4.88 Å². The van der Waals surface area contributed by atoms with Gasteiger partial charge >= 0.3 is 0 Å². The van der Waals surface area contributed by atoms with E-state index in [9.17, 15) is 4.79 Å². The van der Waals surface area contributed by atoms with Crippen LogP contribution in [0.15, 0.2) is 36.2 Å². The van der Waals surface area contributed by atoms with Crippen molar-refractivity contribution in [2.24, 2.45) is 5.73 Å². The number of nitrogens with two attached hydrogens (primary N) is 1. The summed E-state index contributed by atoms with van der Waals surface area (Å²) >= 11 is 1.45. The van der Waals surface area contributed by atoms with E-state index < -0.39 is 6.04 Å². The van der Waals surface area contributed by atoms with Crippen molar-refractivity contribution in [2.75, 3.05) is 5.32 Å². The lowest BCUT2D eigenvalue weighted by atomic mass is 10.2. The first-order valence-electron chi connectivity index (χ1n) is 4.62. The van der Waals surface area contributed by atoms with E-state index in [2.05, 4.69) is 15.3 Å². The molecule has 1 atom stereocenters. The van der Waals surface area contributed by atoms with E-state index in [1.807, 2.05) is 17.5 Å². The molecule has 0 saturated heterocycles. The third-order valence-corrected chi connectivity index (χ3v) is 2.92. The SMILES string of the molecule is NC(C(=O)Nc1cncnc1)c1cccs1. The van der Waals surface area contributed by atoms with Gasteiger partial charge in [-0.2, -0.15) is 0 Å². The molecule has 5 nitrogen and oxygen atoms in total. The fourth-order valence-corrected chi connectivity index (χ4v) is 1.91. The Bertz CT molecular complexity index is 457. The number of nitrogens with zero attached hydrogens (tertiary/aromatic N) is 2. The van der Waals surface area contributed by atoms with Crippen molar-refractivity contribution in [3.8, 4) is 0 Å². The van der Waals surface area contributed by atoms with Crippen molar-refractivity contribution in [1.29, 1.82) is 0 Å². The maximum atomic E-state index is 11.7. The lowest BCUT2D eigenvalue weighted by Gasteiger charge is -2.09. The maximum Gasteiger partial charge on any atom is 0.246 e. The molecule has 2 aromatic heterocycles. The average Bonchev–Trinajstić information content (AvgIpc) is 2.83. The van der Waals surface area contributed by atoms with E-state index in [0.29, 0.717) is 5.69 Å². The first-order valence-corrected chi connectivity index (χ1v) is 5.50. The zero-order valence-electron chi connectivity index (χ0n) is 8.33. The van der Waals surface area contributed by atoms with Crippen LogP contribution in [0, 0.1) is 0 Å². The van der Waals surface area contributed by atoms with Gasteiger partial charge in [-0.3, -0.25) is 4.79 Å². The average molecular weight is 234 g/mol. The number of anilines is 1. The van der Waals surface area contributed by atoms with Crippen molar-refractivity contribution in [1.82, 2.24) is 9.97 Å². The molecular formula is C10H10N4OS. The molecule has 0 aliphatic carbocycles. The third kappa shape index (κ3) is 2.41. The summed E-state index contributed by atoms with van der Waals surface area (Å²) in [7, 11) is 0. The Morgan fingerprint density at radius 1 is 1.44 bits per heavy atom. The zero-order chi connectivity index (χ0) is 11.4. The molecule has 2 rings (SSSR count). The van der Waals surface area contributed by atoms with Gasteiger partial charge in [0.05, 0.1) is 18.1 Å². The van der Waals surface area contributed by atoms with Gasteiger partial charge in [-0.15, -0.1) is 11.3 Å². The molecule has 0 aromatic carbocycles. The highest BCUT2D eigenvalue weighted by Gasteiger charge is 2.16. The van der Waals surface area contributed by atoms with E-state index in [4.69, 9.17) is 5.73 Å². The van der Waals surface area contributed by atoms with Crippen LogP contribution in [0.1, 0.15) is 10.9 Å². The second-order valence-electron chi connectivity index (χ2n) is 3.11. The van der Waals surface area contributed by atoms with Crippen LogP contribution in [0.3, 0.4) is 0 Å². The van der Waals surface area contributed by atoms with Crippen LogP contribution < -0.4 is 11.1 Å². The van der Waals surface area contributed by atoms with Gasteiger partial charge < -0.3 is 11.1 Å². The molecule has 0 radical (unpaired) electrons. The number of rotatable bonds is 3. The Morgan fingerprint density at radius 2 is 2.19 bits per heavy atom. The number of amides is 1. The predicted molar refractivity (Wildman–Crippen MR) is 61.9 cm³/mol. The summed E-state index contributed by atoms with van der Waals surface area (Å²) < 4.78 is 0. The molecular weight excluding hydrogens is 224 g/mol. The fraction of sp³-hybridized carbons (Fsp3) is 0.100. The third-order valence-electron chi connectivity index (χ3n) is 1.96. The van der Waals surface area contributed by atoms with Crippen molar-refractivity contribution in [3.63, 3.8) is 0 Å². The topological polar surface area (TPSA) is 80.9 Å². The second kappa shape index (κ2) is 4.82. The van der Waals surface area contributed by atoms with E-state index in [1.54, 1.807) is 0 Å². The van der Waals surface area contributed by atoms with Crippen molar-refractivity contribution in [2.45, 2.75) is 6.04 Å². The van der Waals surface area contributed by atoms with Crippen LogP contribution >= 0.6 is 11.3 Å². The van der Waals surface area contributed by atoms with Gasteiger partial charge in [0.15, 0.2) is 0 Å². The summed E-state index contributed by atoms with van der Waals surface area (Å²) in [6, 6.07) is 3.04. The quantitative estimate of drug-likeness (QED) is 0.835. The number of thiophene rings is 1. The van der Waals surface area contributed by atoms with Crippen LogP contribution in [0.5, 0.6) is 0 Å². The molecule has 82 valence electrons. The summed E-state index contributed by atoms with van der Waals surface area (Å²) in [6.07, 6.45) is 4.44. The number of hydrogen-bond acceptors (Lipinski definition) is 5. The Kier molecular flexibility index (Phi) is 3.23. The van der Waals surface area contributed by atoms with Crippen LogP contribution in [0.25, 0.3) is 0 Å². The first-order chi connectivity index (χ1) is 7.77. The molecule has 0 bridgehead atoms. The molecule has 0 spiro atoms. The second-order valence-corrected chi connectivity index (χ2v) is 4.09. The largest absolute Gasteiger partial charge is 0.322 e. The molecule has 0 fully saturated rings. The highest BCUT2D eigenvalue weighted by Crippen LogP contribution is 2.18. The van der Waals surface area contributed by atoms with Crippen molar-refractivity contribution >= 4 is 22.9 Å². The molecule has 6 heteroatoms. The van der Waals surface area contributed by atoms with Crippen LogP contribution in [0.4, 0.5) is 5.69 Å². The van der Waals surface area contributed by atoms with Gasteiger partial charge in [-0.25, -0.2) is 9.97 Å². The number of carbonyl (C=O) groups is 1. The van der Waals surface area contributed by atoms with Gasteiger partial charge in [0.2, 0.25) is 5.91 Å². The van der Waals surface area contributed by atoms with Crippen molar-refractivity contribution in [3.05, 3.63) is 41.1 Å². The number of aromatic nitrogens is 2. The number of nitrogens with one attached hydrogen (secondary N) is 1. The van der Waals surface area contributed by atoms with E-state index in [1.165, 1.54) is 30.1 Å². The summed E-state index contributed by atoms with van der Waals surface area (Å²) in [4.78, 5) is 20.1. The van der Waals surface area contributed by atoms with Crippen LogP contribution in [0.2, 0.25) is 0 Å². The van der Waals surface area contributed by atoms with E-state index in [-0.39, 0.29) is 5.91 Å². The standard InChI is InChI=1S/C10H10N4OS/c11-9(8-2-1-3-16-8)10(15)14-7-4-12-6-13-5-7/h1-6,9H,11H2,(H,14,15). The molecule has 0 aliphatic rings. The summed E-state index contributed by atoms with van der Waals surface area (Å²) in [5.41, 5.74) is 6.33. The Balaban J connectivity index is 2.04. The Morgan fingerprint density at radius 3 is 2.81 bits per heavy atom. The van der Waals surface area contributed by atoms with Crippen LogP contribution in [-0.4, -0.2) is 15.9 Å². The molecule has 3 N–H and O–H groups in total. The minimum atomic E-state index is -0.653. The smallest absolute Gasteiger partial charge is 0.246 e. The van der Waals surface area contributed by atoms with Gasteiger partial charge in [0, 0.05) is 4.88 Å². The number of carbonyl (C=O) groups excluding carboxylic acids is 1. The molecule has 1 amide bonds. The fourth-order valence-electron chi connectivity index (χ4n) is 1.18. The van der Waals surface area contributed by atoms with Gasteiger partial charge in [-0.1, -0.05) is 6.07 Å². The first kappa shape index (κ1) is 10.7. The lowest BCUT2D eigenvalue weighted by Crippen LogP contribution is -2.27. The summed E-state index contributed by atoms with van der Waals surface area (Å²) in [5, 5.41) is 4.53. The molecule has 1 unspecified atom stereocenters. The molecule has 16 heavy (non-hydrogen) atoms. The number of hydrogen-bond donors (Lipinski definition) is 2. The lowest BCUT2D eigenvalue weighted by molar-refractivity contribution is -0.117. The van der Waals surface area contributed by atoms with Gasteiger partial charge in [-0.05, 0) is 11.4 Å². The van der Waals surface area contributed by atoms with E-state index >= 15 is 0 Å². The molecule has 0 saturated carbocycles. The predicted octanol–water partition coefficient (Wildman–Crippen LogP) is 1.18. The molecule has 2 aromatic rings. The maximum absolute atomic E-state index is 11.7. The monoisotopic (exact) mass is 234 g/mol. The molecule has 0 aliphatic heterocycles. The minimum Gasteiger partial charge on any atom is -0.322 e. The highest BCUT2D eigenvalue weighted by atomic mass is 32.1. The summed E-state index contributed by atoms with van der Waals surface area (Å²) in [5.74, 6) is -0.266. The Labute approximate surface area is 96.3 Å². The highest BCUT2D eigenvalue weighted by molar-refractivity contribution is 7.10. The Hall–Kier alpha value is -1.79. The van der Waals surface area contributed by atoms with Gasteiger partial charge in [0.25, 0.3) is 0 Å². The molecule has 2 heterocycles. The summed E-state index contributed by atoms with van der Waals surface area (Å²) in [6.45, 7) is 0. The van der Waals surface area contributed by atoms with Crippen molar-refractivity contribution < 1.29 is 4.79 Å². The normalized spacial score (nSPS) is 12.1. The van der Waals surface area contributed by atoms with Crippen LogP contribution in [-0.2, 0) is 4.79 Å². The van der Waals surface area contributed by atoms with Gasteiger partial charge in [0.1, 0.15) is 12.4 Å². The zero-order valence-corrected chi connectivity index (χ0v) is 9.15. The minimum absolute atomic E-state index is 0.266.